The average molecular weight is 223 g/mol. The Morgan fingerprint density at radius 3 is 2.60 bits per heavy atom. The molecule has 1 aliphatic rings. The second-order valence-corrected chi connectivity index (χ2v) is 3.42. The fourth-order valence-corrected chi connectivity index (χ4v) is 1.44. The summed E-state index contributed by atoms with van der Waals surface area (Å²) in [4.78, 5) is 12.3. The second-order valence-electron chi connectivity index (χ2n) is 3.42. The lowest BCUT2D eigenvalue weighted by molar-refractivity contribution is -0.249. The molecule has 0 unspecified atom stereocenters. The van der Waals surface area contributed by atoms with Crippen molar-refractivity contribution in [3.63, 3.8) is 0 Å². The maximum Gasteiger partial charge on any atom is 0.416 e. The first kappa shape index (κ1) is 12.0. The molecule has 1 fully saturated rings. The predicted molar refractivity (Wildman–Crippen MR) is 47.2 cm³/mol. The monoisotopic (exact) mass is 223 g/mol. The maximum absolute atomic E-state index is 12.4. The number of carbonyl (C=O) groups is 1. The minimum atomic E-state index is -4.44. The van der Waals surface area contributed by atoms with Gasteiger partial charge in [0.2, 0.25) is 5.91 Å². The van der Waals surface area contributed by atoms with Gasteiger partial charge in [-0.1, -0.05) is 6.58 Å². The van der Waals surface area contributed by atoms with Gasteiger partial charge in [-0.3, -0.25) is 4.79 Å². The largest absolute Gasteiger partial charge is 0.416 e. The van der Waals surface area contributed by atoms with Crippen LogP contribution in [0.2, 0.25) is 0 Å². The maximum atomic E-state index is 12.4. The van der Waals surface area contributed by atoms with E-state index >= 15 is 0 Å². The van der Waals surface area contributed by atoms with Crippen LogP contribution in [0.1, 0.15) is 6.92 Å². The van der Waals surface area contributed by atoms with Gasteiger partial charge in [-0.2, -0.15) is 13.2 Å². The van der Waals surface area contributed by atoms with Crippen molar-refractivity contribution in [3.8, 4) is 0 Å². The Kier molecular flexibility index (Phi) is 3.38. The number of halogens is 3. The molecule has 0 saturated carbocycles. The third-order valence-electron chi connectivity index (χ3n) is 2.11. The van der Waals surface area contributed by atoms with E-state index in [9.17, 15) is 18.0 Å². The van der Waals surface area contributed by atoms with Crippen LogP contribution in [0.3, 0.4) is 0 Å². The molecule has 0 aromatic rings. The van der Waals surface area contributed by atoms with Crippen LogP contribution >= 0.6 is 0 Å². The third kappa shape index (κ3) is 2.95. The molecule has 86 valence electrons. The van der Waals surface area contributed by atoms with E-state index in [-0.39, 0.29) is 6.54 Å². The molecule has 2 atom stereocenters. The normalized spacial score (nSPS) is 27.6. The topological polar surface area (TPSA) is 29.5 Å². The fourth-order valence-electron chi connectivity index (χ4n) is 1.44. The molecule has 0 radical (unpaired) electrons. The number of carbonyl (C=O) groups excluding carboxylic acids is 1. The Morgan fingerprint density at radius 2 is 2.13 bits per heavy atom. The van der Waals surface area contributed by atoms with Crippen molar-refractivity contribution in [2.24, 2.45) is 0 Å². The molecular weight excluding hydrogens is 211 g/mol. The van der Waals surface area contributed by atoms with Gasteiger partial charge >= 0.3 is 6.18 Å². The van der Waals surface area contributed by atoms with Crippen molar-refractivity contribution < 1.29 is 22.7 Å². The molecule has 1 saturated heterocycles. The molecule has 0 spiro atoms. The number of morpholine rings is 1. The molecule has 0 aliphatic carbocycles. The van der Waals surface area contributed by atoms with E-state index in [0.29, 0.717) is 0 Å². The van der Waals surface area contributed by atoms with Gasteiger partial charge in [0, 0.05) is 6.54 Å². The van der Waals surface area contributed by atoms with Crippen LogP contribution in [0.25, 0.3) is 0 Å². The van der Waals surface area contributed by atoms with Crippen LogP contribution in [0, 0.1) is 0 Å². The van der Waals surface area contributed by atoms with E-state index < -0.39 is 30.8 Å². The number of rotatable bonds is 1. The summed E-state index contributed by atoms with van der Waals surface area (Å²) in [6.07, 6.45) is -5.95. The van der Waals surface area contributed by atoms with Gasteiger partial charge in [0.05, 0.1) is 12.6 Å². The lowest BCUT2D eigenvalue weighted by Gasteiger charge is -2.36. The van der Waals surface area contributed by atoms with Crippen molar-refractivity contribution in [3.05, 3.63) is 12.7 Å². The van der Waals surface area contributed by atoms with Crippen LogP contribution in [-0.2, 0) is 9.53 Å². The van der Waals surface area contributed by atoms with Crippen LogP contribution in [-0.4, -0.2) is 42.3 Å². The predicted octanol–water partition coefficient (Wildman–Crippen LogP) is 1.35. The van der Waals surface area contributed by atoms with Crippen molar-refractivity contribution in [1.82, 2.24) is 4.90 Å². The Labute approximate surface area is 85.5 Å². The van der Waals surface area contributed by atoms with Gasteiger partial charge in [-0.25, -0.2) is 0 Å². The molecule has 3 nitrogen and oxygen atoms in total. The Bertz CT molecular complexity index is 265. The molecule has 0 bridgehead atoms. The molecule has 6 heteroatoms. The standard InChI is InChI=1S/C9H12F3NO2/c1-3-8(14)13-4-6(2)15-7(5-13)9(10,11)12/h3,6-7H,1,4-5H2,2H3/t6-,7+/m0/s1. The van der Waals surface area contributed by atoms with Gasteiger partial charge in [-0.05, 0) is 13.0 Å². The van der Waals surface area contributed by atoms with E-state index in [1.54, 1.807) is 0 Å². The van der Waals surface area contributed by atoms with Crippen molar-refractivity contribution in [2.45, 2.75) is 25.3 Å². The van der Waals surface area contributed by atoms with E-state index in [1.165, 1.54) is 6.92 Å². The summed E-state index contributed by atoms with van der Waals surface area (Å²) < 4.78 is 41.8. The summed E-state index contributed by atoms with van der Waals surface area (Å²) in [7, 11) is 0. The van der Waals surface area contributed by atoms with Gasteiger partial charge < -0.3 is 9.64 Å². The molecule has 1 heterocycles. The highest BCUT2D eigenvalue weighted by Crippen LogP contribution is 2.27. The van der Waals surface area contributed by atoms with Crippen LogP contribution < -0.4 is 0 Å². The van der Waals surface area contributed by atoms with Crippen molar-refractivity contribution in [1.29, 1.82) is 0 Å². The van der Waals surface area contributed by atoms with Crippen LogP contribution in [0.5, 0.6) is 0 Å². The molecule has 0 aromatic carbocycles. The fraction of sp³-hybridized carbons (Fsp3) is 0.667. The molecule has 1 rings (SSSR count). The first-order valence-corrected chi connectivity index (χ1v) is 4.48. The number of ether oxygens (including phenoxy) is 1. The lowest BCUT2D eigenvalue weighted by atomic mass is 10.2. The second kappa shape index (κ2) is 4.22. The smallest absolute Gasteiger partial charge is 0.362 e. The number of nitrogens with zero attached hydrogens (tertiary/aromatic N) is 1. The van der Waals surface area contributed by atoms with Crippen LogP contribution in [0.4, 0.5) is 13.2 Å². The van der Waals surface area contributed by atoms with Gasteiger partial charge in [0.15, 0.2) is 6.10 Å². The van der Waals surface area contributed by atoms with E-state index in [2.05, 4.69) is 6.58 Å². The number of hydrogen-bond donors (Lipinski definition) is 0. The zero-order valence-electron chi connectivity index (χ0n) is 8.25. The van der Waals surface area contributed by atoms with Gasteiger partial charge in [0.1, 0.15) is 0 Å². The Hall–Kier alpha value is -1.04. The minimum absolute atomic E-state index is 0.164. The van der Waals surface area contributed by atoms with Gasteiger partial charge in [-0.15, -0.1) is 0 Å². The molecule has 0 N–H and O–H groups in total. The lowest BCUT2D eigenvalue weighted by Crippen LogP contribution is -2.53. The molecule has 0 aromatic heterocycles. The Morgan fingerprint density at radius 1 is 1.53 bits per heavy atom. The summed E-state index contributed by atoms with van der Waals surface area (Å²) in [5.41, 5.74) is 0. The first-order valence-electron chi connectivity index (χ1n) is 4.48. The quantitative estimate of drug-likeness (QED) is 0.628. The molecule has 1 aliphatic heterocycles. The summed E-state index contributed by atoms with van der Waals surface area (Å²) in [6, 6.07) is 0. The highest BCUT2D eigenvalue weighted by molar-refractivity contribution is 5.87. The highest BCUT2D eigenvalue weighted by Gasteiger charge is 2.45. The molecular formula is C9H12F3NO2. The first-order chi connectivity index (χ1) is 6.84. The third-order valence-corrected chi connectivity index (χ3v) is 2.11. The minimum Gasteiger partial charge on any atom is -0.362 e. The highest BCUT2D eigenvalue weighted by atomic mass is 19.4. The summed E-state index contributed by atoms with van der Waals surface area (Å²) in [6.45, 7) is 4.44. The number of amides is 1. The van der Waals surface area contributed by atoms with Crippen molar-refractivity contribution in [2.75, 3.05) is 13.1 Å². The van der Waals surface area contributed by atoms with Crippen LogP contribution in [0.15, 0.2) is 12.7 Å². The molecule has 15 heavy (non-hydrogen) atoms. The van der Waals surface area contributed by atoms with Gasteiger partial charge in [0.25, 0.3) is 0 Å². The van der Waals surface area contributed by atoms with Crippen molar-refractivity contribution >= 4 is 5.91 Å². The zero-order chi connectivity index (χ0) is 11.6. The summed E-state index contributed by atoms with van der Waals surface area (Å²) in [5, 5.41) is 0. The summed E-state index contributed by atoms with van der Waals surface area (Å²) >= 11 is 0. The number of alkyl halides is 3. The SMILES string of the molecule is C=CC(=O)N1C[C@H](C)O[C@@H](C(F)(F)F)C1. The van der Waals surface area contributed by atoms with E-state index in [4.69, 9.17) is 4.74 Å². The average Bonchev–Trinajstić information content (AvgIpc) is 2.14. The van der Waals surface area contributed by atoms with E-state index in [0.717, 1.165) is 11.0 Å². The Balaban J connectivity index is 2.72. The number of hydrogen-bond acceptors (Lipinski definition) is 2. The van der Waals surface area contributed by atoms with E-state index in [1.807, 2.05) is 0 Å². The zero-order valence-corrected chi connectivity index (χ0v) is 8.25. The molecule has 1 amide bonds. The summed E-state index contributed by atoms with van der Waals surface area (Å²) in [5.74, 6) is -0.501.